The molecule has 1 aliphatic carbocycles. The van der Waals surface area contributed by atoms with Gasteiger partial charge in [-0.3, -0.25) is 19.8 Å². The maximum absolute atomic E-state index is 13.9. The molecule has 0 bridgehead atoms. The van der Waals surface area contributed by atoms with Crippen LogP contribution in [0.15, 0.2) is 90.1 Å². The fourth-order valence-corrected chi connectivity index (χ4v) is 10.8. The zero-order valence-corrected chi connectivity index (χ0v) is 34.7. The van der Waals surface area contributed by atoms with Gasteiger partial charge in [0.05, 0.1) is 21.6 Å². The molecule has 5 fully saturated rings. The summed E-state index contributed by atoms with van der Waals surface area (Å²) >= 11 is 0. The first-order valence-corrected chi connectivity index (χ1v) is 22.8. The molecule has 1 unspecified atom stereocenters. The van der Waals surface area contributed by atoms with Crippen LogP contribution < -0.4 is 24.6 Å². The van der Waals surface area contributed by atoms with Crippen LogP contribution in [-0.2, 0) is 14.8 Å². The summed E-state index contributed by atoms with van der Waals surface area (Å²) in [6.07, 6.45) is 10.0. The van der Waals surface area contributed by atoms with E-state index in [0.29, 0.717) is 37.2 Å². The number of amides is 1. The Hall–Kier alpha value is -5.71. The number of H-pyrrole nitrogens is 1. The number of pyridine rings is 1. The van der Waals surface area contributed by atoms with Crippen LogP contribution in [-0.4, -0.2) is 99.2 Å². The number of hydrogen-bond donors (Lipinski definition) is 3. The maximum Gasteiger partial charge on any atom is 0.293 e. The van der Waals surface area contributed by atoms with Crippen molar-refractivity contribution in [3.63, 3.8) is 0 Å². The van der Waals surface area contributed by atoms with Gasteiger partial charge >= 0.3 is 0 Å². The third-order valence-electron chi connectivity index (χ3n) is 13.1. The number of aromatic nitrogens is 2. The molecule has 4 saturated heterocycles. The monoisotopic (exact) mass is 846 g/mol. The summed E-state index contributed by atoms with van der Waals surface area (Å²) in [5.74, 6) is 0.596. The van der Waals surface area contributed by atoms with Crippen LogP contribution in [0.2, 0.25) is 0 Å². The molecule has 4 aliphatic heterocycles. The Kier molecular flexibility index (Phi) is 10.3. The van der Waals surface area contributed by atoms with E-state index in [1.807, 2.05) is 12.1 Å². The first kappa shape index (κ1) is 39.4. The number of nitro benzene ring substituents is 1. The molecular formula is C45H50N8O7S. The maximum atomic E-state index is 13.9. The fraction of sp³-hybridized carbons (Fsp3) is 0.422. The number of rotatable bonds is 14. The van der Waals surface area contributed by atoms with E-state index >= 15 is 0 Å². The van der Waals surface area contributed by atoms with Gasteiger partial charge in [0.1, 0.15) is 22.8 Å². The molecule has 6 heterocycles. The van der Waals surface area contributed by atoms with Crippen molar-refractivity contribution in [3.05, 3.63) is 106 Å². The van der Waals surface area contributed by atoms with Crippen molar-refractivity contribution in [1.29, 1.82) is 0 Å². The number of nitrogens with one attached hydrogen (secondary N) is 3. The third-order valence-corrected chi connectivity index (χ3v) is 14.4. The quantitative estimate of drug-likeness (QED) is 0.0781. The summed E-state index contributed by atoms with van der Waals surface area (Å²) in [5, 5.41) is 16.0. The lowest BCUT2D eigenvalue weighted by Crippen LogP contribution is -2.73. The number of ether oxygens (including phenoxy) is 2. The zero-order valence-electron chi connectivity index (χ0n) is 33.9. The van der Waals surface area contributed by atoms with Gasteiger partial charge in [0.15, 0.2) is 0 Å². The highest BCUT2D eigenvalue weighted by molar-refractivity contribution is 7.90. The van der Waals surface area contributed by atoms with Gasteiger partial charge in [-0.2, -0.15) is 0 Å². The summed E-state index contributed by atoms with van der Waals surface area (Å²) in [6, 6.07) is 21.9. The molecule has 1 atom stereocenters. The summed E-state index contributed by atoms with van der Waals surface area (Å²) in [5.41, 5.74) is 4.46. The number of benzene rings is 3. The van der Waals surface area contributed by atoms with E-state index in [1.54, 1.807) is 24.4 Å². The van der Waals surface area contributed by atoms with Gasteiger partial charge in [-0.15, -0.1) is 0 Å². The minimum atomic E-state index is -4.53. The van der Waals surface area contributed by atoms with Gasteiger partial charge in [0.2, 0.25) is 0 Å². The molecule has 5 aromatic rings. The van der Waals surface area contributed by atoms with Gasteiger partial charge < -0.3 is 29.6 Å². The van der Waals surface area contributed by atoms with Crippen LogP contribution >= 0.6 is 0 Å². The second-order valence-electron chi connectivity index (χ2n) is 17.5. The van der Waals surface area contributed by atoms with Crippen molar-refractivity contribution in [2.75, 3.05) is 74.1 Å². The molecule has 10 rings (SSSR count). The van der Waals surface area contributed by atoms with Gasteiger partial charge in [-0.1, -0.05) is 18.2 Å². The Morgan fingerprint density at radius 3 is 2.61 bits per heavy atom. The number of fused-ring (bicyclic) bond motifs is 1. The van der Waals surface area contributed by atoms with Crippen molar-refractivity contribution in [3.8, 4) is 11.5 Å². The molecule has 16 heteroatoms. The zero-order chi connectivity index (χ0) is 41.7. The molecule has 1 saturated carbocycles. The standard InChI is InChI=1S/C45H50N8O7S/c54-44(49-61(57,58)36-10-12-39(41(22-36)53(55)56)47-23-30-14-18-59-19-15-30)38-11-9-33(21-42(38)60-35-20-32-13-16-46-43(32)48-24-35)51-28-45(29-51)26-50(27-45)25-34-4-3-17-52(34)40-6-2-1-5-37(40)31-7-8-31/h1-2,5-6,9-13,16,20-22,24,30-31,34,47H,3-4,7-8,14-15,17-19,23,25-29H2,(H,46,48)(H,49,54). The molecular weight excluding hydrogens is 797 g/mol. The van der Waals surface area contributed by atoms with Crippen LogP contribution in [0.25, 0.3) is 11.0 Å². The minimum absolute atomic E-state index is 0.0137. The van der Waals surface area contributed by atoms with Gasteiger partial charge in [-0.25, -0.2) is 18.1 Å². The summed E-state index contributed by atoms with van der Waals surface area (Å²) < 4.78 is 41.1. The molecule has 318 valence electrons. The molecule has 15 nitrogen and oxygen atoms in total. The summed E-state index contributed by atoms with van der Waals surface area (Å²) in [4.78, 5) is 39.9. The van der Waals surface area contributed by atoms with E-state index in [4.69, 9.17) is 9.47 Å². The number of likely N-dealkylation sites (tertiary alicyclic amines) is 1. The predicted octanol–water partition coefficient (Wildman–Crippen LogP) is 6.89. The SMILES string of the molecule is O=C(NS(=O)(=O)c1ccc(NCC2CCOCC2)c([N+](=O)[O-])c1)c1ccc(N2CC3(CN(CC4CCCN4c4ccccc4C4CC4)C3)C2)cc1Oc1cnc2[nH]ccc2c1. The van der Waals surface area contributed by atoms with Crippen LogP contribution in [0.4, 0.5) is 22.7 Å². The highest BCUT2D eigenvalue weighted by Gasteiger charge is 2.52. The summed E-state index contributed by atoms with van der Waals surface area (Å²) in [6.45, 7) is 7.73. The Morgan fingerprint density at radius 2 is 1.80 bits per heavy atom. The number of hydrogen-bond acceptors (Lipinski definition) is 12. The highest BCUT2D eigenvalue weighted by Crippen LogP contribution is 2.47. The highest BCUT2D eigenvalue weighted by atomic mass is 32.2. The molecule has 1 amide bonds. The van der Waals surface area contributed by atoms with Crippen LogP contribution in [0.3, 0.4) is 0 Å². The molecule has 0 radical (unpaired) electrons. The number of para-hydroxylation sites is 1. The Bertz CT molecular complexity index is 2580. The van der Waals surface area contributed by atoms with E-state index in [1.165, 1.54) is 55.3 Å². The Morgan fingerprint density at radius 1 is 0.984 bits per heavy atom. The third kappa shape index (κ3) is 8.11. The first-order chi connectivity index (χ1) is 29.6. The summed E-state index contributed by atoms with van der Waals surface area (Å²) in [7, 11) is -4.53. The van der Waals surface area contributed by atoms with E-state index in [-0.39, 0.29) is 28.3 Å². The van der Waals surface area contributed by atoms with E-state index in [2.05, 4.69) is 59.0 Å². The lowest BCUT2D eigenvalue weighted by atomic mass is 9.72. The number of nitrogens with zero attached hydrogens (tertiary/aromatic N) is 5. The number of carbonyl (C=O) groups is 1. The normalized spacial score (nSPS) is 20.4. The topological polar surface area (TPSA) is 175 Å². The van der Waals surface area contributed by atoms with Crippen molar-refractivity contribution >= 4 is 49.7 Å². The number of nitro groups is 1. The van der Waals surface area contributed by atoms with Gasteiger partial charge in [-0.05, 0) is 98.4 Å². The second-order valence-corrected chi connectivity index (χ2v) is 19.2. The van der Waals surface area contributed by atoms with Crippen molar-refractivity contribution < 1.29 is 27.6 Å². The van der Waals surface area contributed by atoms with Crippen LogP contribution in [0, 0.1) is 21.4 Å². The lowest BCUT2D eigenvalue weighted by molar-refractivity contribution is -0.384. The molecule has 1 spiro atoms. The van der Waals surface area contributed by atoms with Crippen molar-refractivity contribution in [2.24, 2.45) is 11.3 Å². The predicted molar refractivity (Wildman–Crippen MR) is 232 cm³/mol. The minimum Gasteiger partial charge on any atom is -0.455 e. The molecule has 61 heavy (non-hydrogen) atoms. The molecule has 3 aromatic carbocycles. The van der Waals surface area contributed by atoms with Gasteiger partial charge in [0, 0.05) is 106 Å². The average Bonchev–Trinajstić information content (AvgIpc) is 3.80. The first-order valence-electron chi connectivity index (χ1n) is 21.3. The average molecular weight is 847 g/mol. The smallest absolute Gasteiger partial charge is 0.293 e. The van der Waals surface area contributed by atoms with E-state index in [9.17, 15) is 23.3 Å². The van der Waals surface area contributed by atoms with E-state index in [0.717, 1.165) is 75.2 Å². The number of carbonyl (C=O) groups excluding carboxylic acids is 1. The number of anilines is 3. The van der Waals surface area contributed by atoms with Gasteiger partial charge in [0.25, 0.3) is 21.6 Å². The molecule has 3 N–H and O–H groups in total. The second kappa shape index (κ2) is 16.0. The number of sulfonamides is 1. The van der Waals surface area contributed by atoms with Crippen LogP contribution in [0.5, 0.6) is 11.5 Å². The largest absolute Gasteiger partial charge is 0.455 e. The lowest BCUT2D eigenvalue weighted by Gasteiger charge is -2.61. The molecule has 2 aromatic heterocycles. The Balaban J connectivity index is 0.828. The van der Waals surface area contributed by atoms with E-state index < -0.39 is 31.4 Å². The Labute approximate surface area is 354 Å². The van der Waals surface area contributed by atoms with Crippen LogP contribution in [0.1, 0.15) is 60.4 Å². The fourth-order valence-electron chi connectivity index (χ4n) is 9.81. The molecule has 5 aliphatic rings. The van der Waals surface area contributed by atoms with Crippen molar-refractivity contribution in [2.45, 2.75) is 55.4 Å². The van der Waals surface area contributed by atoms with Crippen molar-refractivity contribution in [1.82, 2.24) is 19.6 Å². The number of aromatic amines is 1.